The molecule has 0 spiro atoms. The van der Waals surface area contributed by atoms with Gasteiger partial charge in [0, 0.05) is 5.33 Å². The summed E-state index contributed by atoms with van der Waals surface area (Å²) >= 11 is 2.76. The summed E-state index contributed by atoms with van der Waals surface area (Å²) in [6, 6.07) is 0.474. The molecule has 0 N–H and O–H groups in total. The third kappa shape index (κ3) is 4.08. The van der Waals surface area contributed by atoms with Gasteiger partial charge in [-0.15, -0.1) is 13.2 Å². The zero-order valence-electron chi connectivity index (χ0n) is 8.77. The first-order chi connectivity index (χ1) is 8.58. The maximum atomic E-state index is 12.6. The zero-order chi connectivity index (χ0) is 14.8. The Kier molecular flexibility index (Phi) is 4.43. The third-order valence-electron chi connectivity index (χ3n) is 1.85. The summed E-state index contributed by atoms with van der Waals surface area (Å²) in [4.78, 5) is 13.8. The van der Waals surface area contributed by atoms with Crippen molar-refractivity contribution >= 4 is 22.2 Å². The molecule has 106 valence electrons. The molecule has 0 unspecified atom stereocenters. The third-order valence-corrected chi connectivity index (χ3v) is 2.42. The average molecular weight is 352 g/mol. The lowest BCUT2D eigenvalue weighted by Gasteiger charge is -2.15. The van der Waals surface area contributed by atoms with Gasteiger partial charge in [-0.05, 0) is 6.07 Å². The van der Waals surface area contributed by atoms with Crippen LogP contribution >= 0.6 is 15.9 Å². The first-order valence-corrected chi connectivity index (χ1v) is 5.58. The molecule has 3 nitrogen and oxygen atoms in total. The van der Waals surface area contributed by atoms with Gasteiger partial charge in [-0.25, -0.2) is 4.98 Å². The summed E-state index contributed by atoms with van der Waals surface area (Å²) in [5.41, 5.74) is -3.18. The van der Waals surface area contributed by atoms with Crippen LogP contribution in [0, 0.1) is 0 Å². The van der Waals surface area contributed by atoms with Crippen molar-refractivity contribution in [2.75, 3.05) is 0 Å². The van der Waals surface area contributed by atoms with Crippen molar-refractivity contribution in [2.45, 2.75) is 17.9 Å². The average Bonchev–Trinajstić information content (AvgIpc) is 2.24. The number of carbonyl (C=O) groups is 1. The van der Waals surface area contributed by atoms with Gasteiger partial charge in [0.1, 0.15) is 0 Å². The molecule has 0 amide bonds. The van der Waals surface area contributed by atoms with Crippen LogP contribution in [0.1, 0.15) is 21.6 Å². The number of pyridine rings is 1. The van der Waals surface area contributed by atoms with Crippen LogP contribution in [0.15, 0.2) is 6.07 Å². The standard InChI is InChI=1S/C9H4BrF6NO2/c10-2-4-1-6(8(11,12)13)5(3-18)7(17-4)19-9(14,15)16/h1,3H,2H2. The molecule has 10 heteroatoms. The summed E-state index contributed by atoms with van der Waals surface area (Å²) in [7, 11) is 0. The number of nitrogens with zero attached hydrogens (tertiary/aromatic N) is 1. The van der Waals surface area contributed by atoms with Crippen LogP contribution in [0.2, 0.25) is 0 Å². The molecule has 0 aliphatic heterocycles. The molecular weight excluding hydrogens is 348 g/mol. The second-order valence-corrected chi connectivity index (χ2v) is 3.74. The summed E-state index contributed by atoms with van der Waals surface area (Å²) in [5, 5.41) is -0.233. The fraction of sp³-hybridized carbons (Fsp3) is 0.333. The van der Waals surface area contributed by atoms with Crippen LogP contribution in [0.4, 0.5) is 26.3 Å². The highest BCUT2D eigenvalue weighted by atomic mass is 79.9. The second-order valence-electron chi connectivity index (χ2n) is 3.18. The molecule has 0 atom stereocenters. The Labute approximate surface area is 110 Å². The van der Waals surface area contributed by atoms with E-state index in [0.29, 0.717) is 6.07 Å². The maximum Gasteiger partial charge on any atom is 0.574 e. The largest absolute Gasteiger partial charge is 0.574 e. The SMILES string of the molecule is O=Cc1c(C(F)(F)F)cc(CBr)nc1OC(F)(F)F. The number of ether oxygens (including phenoxy) is 1. The minimum atomic E-state index is -5.25. The van der Waals surface area contributed by atoms with Gasteiger partial charge in [-0.3, -0.25) is 4.79 Å². The molecule has 1 rings (SSSR count). The molecular formula is C9H4BrF6NO2. The zero-order valence-corrected chi connectivity index (χ0v) is 10.4. The van der Waals surface area contributed by atoms with Gasteiger partial charge >= 0.3 is 12.5 Å². The maximum absolute atomic E-state index is 12.6. The van der Waals surface area contributed by atoms with Crippen molar-refractivity contribution < 1.29 is 35.9 Å². The molecule has 1 aromatic heterocycles. The highest BCUT2D eigenvalue weighted by molar-refractivity contribution is 9.08. The normalized spacial score (nSPS) is 12.4. The van der Waals surface area contributed by atoms with Gasteiger partial charge < -0.3 is 4.74 Å². The van der Waals surface area contributed by atoms with Crippen LogP contribution in [-0.4, -0.2) is 17.6 Å². The Balaban J connectivity index is 3.48. The van der Waals surface area contributed by atoms with Crippen molar-refractivity contribution in [3.05, 3.63) is 22.9 Å². The predicted octanol–water partition coefficient (Wildman–Crippen LogP) is 3.71. The van der Waals surface area contributed by atoms with E-state index in [0.717, 1.165) is 0 Å². The topological polar surface area (TPSA) is 39.2 Å². The lowest BCUT2D eigenvalue weighted by Crippen LogP contribution is -2.21. The number of rotatable bonds is 3. The molecule has 0 aromatic carbocycles. The van der Waals surface area contributed by atoms with E-state index in [-0.39, 0.29) is 17.3 Å². The van der Waals surface area contributed by atoms with Crippen molar-refractivity contribution in [3.63, 3.8) is 0 Å². The number of hydrogen-bond donors (Lipinski definition) is 0. The summed E-state index contributed by atoms with van der Waals surface area (Å²) in [6.07, 6.45) is -10.6. The fourth-order valence-electron chi connectivity index (χ4n) is 1.19. The van der Waals surface area contributed by atoms with Gasteiger partial charge in [0.15, 0.2) is 6.29 Å². The van der Waals surface area contributed by atoms with E-state index in [1.165, 1.54) is 0 Å². The van der Waals surface area contributed by atoms with Crippen LogP contribution in [0.25, 0.3) is 0 Å². The monoisotopic (exact) mass is 351 g/mol. The van der Waals surface area contributed by atoms with Gasteiger partial charge in [0.05, 0.1) is 16.8 Å². The van der Waals surface area contributed by atoms with Gasteiger partial charge in [0.2, 0.25) is 5.88 Å². The lowest BCUT2D eigenvalue weighted by molar-refractivity contribution is -0.276. The van der Waals surface area contributed by atoms with E-state index in [4.69, 9.17) is 0 Å². The molecule has 0 saturated heterocycles. The lowest BCUT2D eigenvalue weighted by atomic mass is 10.1. The van der Waals surface area contributed by atoms with Crippen molar-refractivity contribution in [1.82, 2.24) is 4.98 Å². The molecule has 0 saturated carbocycles. The molecule has 0 aliphatic carbocycles. The van der Waals surface area contributed by atoms with Gasteiger partial charge in [0.25, 0.3) is 0 Å². The Morgan fingerprint density at radius 2 is 1.84 bits per heavy atom. The highest BCUT2D eigenvalue weighted by Crippen LogP contribution is 2.36. The minimum Gasteiger partial charge on any atom is -0.387 e. The molecule has 1 aromatic rings. The Morgan fingerprint density at radius 3 is 2.21 bits per heavy atom. The van der Waals surface area contributed by atoms with Gasteiger partial charge in [-0.2, -0.15) is 13.2 Å². The van der Waals surface area contributed by atoms with Crippen LogP contribution in [-0.2, 0) is 11.5 Å². The number of halogens is 7. The quantitative estimate of drug-likeness (QED) is 0.473. The van der Waals surface area contributed by atoms with Crippen molar-refractivity contribution in [1.29, 1.82) is 0 Å². The summed E-state index contributed by atoms with van der Waals surface area (Å²) in [6.45, 7) is 0. The molecule has 0 radical (unpaired) electrons. The Bertz CT molecular complexity index is 485. The number of hydrogen-bond acceptors (Lipinski definition) is 3. The first kappa shape index (κ1) is 15.7. The van der Waals surface area contributed by atoms with E-state index in [1.54, 1.807) is 0 Å². The van der Waals surface area contributed by atoms with Crippen LogP contribution in [0.3, 0.4) is 0 Å². The number of aromatic nitrogens is 1. The molecule has 0 aliphatic rings. The van der Waals surface area contributed by atoms with Gasteiger partial charge in [-0.1, -0.05) is 15.9 Å². The Hall–Kier alpha value is -1.32. The predicted molar refractivity (Wildman–Crippen MR) is 53.9 cm³/mol. The highest BCUT2D eigenvalue weighted by Gasteiger charge is 2.39. The van der Waals surface area contributed by atoms with E-state index in [2.05, 4.69) is 25.7 Å². The van der Waals surface area contributed by atoms with E-state index in [9.17, 15) is 31.1 Å². The van der Waals surface area contributed by atoms with E-state index < -0.39 is 29.5 Å². The van der Waals surface area contributed by atoms with Crippen LogP contribution in [0.5, 0.6) is 5.88 Å². The van der Waals surface area contributed by atoms with E-state index in [1.807, 2.05) is 0 Å². The van der Waals surface area contributed by atoms with E-state index >= 15 is 0 Å². The second kappa shape index (κ2) is 5.35. The molecule has 1 heterocycles. The van der Waals surface area contributed by atoms with Crippen LogP contribution < -0.4 is 4.74 Å². The fourth-order valence-corrected chi connectivity index (χ4v) is 1.47. The number of alkyl halides is 7. The Morgan fingerprint density at radius 1 is 1.26 bits per heavy atom. The number of carbonyl (C=O) groups excluding carboxylic acids is 1. The summed E-state index contributed by atoms with van der Waals surface area (Å²) in [5.74, 6) is -1.42. The molecule has 19 heavy (non-hydrogen) atoms. The van der Waals surface area contributed by atoms with Crippen molar-refractivity contribution in [2.24, 2.45) is 0 Å². The minimum absolute atomic E-state index is 0.233. The number of aldehydes is 1. The first-order valence-electron chi connectivity index (χ1n) is 4.46. The van der Waals surface area contributed by atoms with Crippen molar-refractivity contribution in [3.8, 4) is 5.88 Å². The smallest absolute Gasteiger partial charge is 0.387 e. The summed E-state index contributed by atoms with van der Waals surface area (Å²) < 4.78 is 77.4. The molecule has 0 fully saturated rings. The molecule has 0 bridgehead atoms.